The molecule has 3 aliphatic heterocycles. The van der Waals surface area contributed by atoms with E-state index in [1.54, 1.807) is 18.3 Å². The van der Waals surface area contributed by atoms with E-state index in [1.165, 1.54) is 0 Å². The van der Waals surface area contributed by atoms with Gasteiger partial charge in [-0.15, -0.1) is 0 Å². The van der Waals surface area contributed by atoms with Crippen molar-refractivity contribution >= 4 is 23.2 Å². The Labute approximate surface area is 133 Å². The van der Waals surface area contributed by atoms with Gasteiger partial charge in [0.1, 0.15) is 11.3 Å². The van der Waals surface area contributed by atoms with Crippen LogP contribution in [0.4, 0.5) is 0 Å². The number of furan rings is 1. The zero-order valence-electron chi connectivity index (χ0n) is 13.0. The van der Waals surface area contributed by atoms with E-state index in [9.17, 15) is 9.59 Å². The second kappa shape index (κ2) is 5.45. The molecular formula is C17H19N3O3. The van der Waals surface area contributed by atoms with Gasteiger partial charge >= 0.3 is 0 Å². The highest BCUT2D eigenvalue weighted by Crippen LogP contribution is 2.32. The maximum atomic E-state index is 12.6. The first-order valence-corrected chi connectivity index (χ1v) is 8.05. The van der Waals surface area contributed by atoms with Gasteiger partial charge in [-0.05, 0) is 44.8 Å². The van der Waals surface area contributed by atoms with Crippen LogP contribution in [-0.4, -0.2) is 47.3 Å². The van der Waals surface area contributed by atoms with E-state index in [1.807, 2.05) is 0 Å². The standard InChI is InChI=1S/C17H19N3O3/c1-10-16(11-2-4-20(10)5-3-11)19-17(22)14-7-15-12(8-18-14)6-13(9-21)23-15/h6-11,16H,2-5H2,1H3,(H,19,22)/t10-,16-/m0/s1. The fourth-order valence-electron chi connectivity index (χ4n) is 3.91. The number of rotatable bonds is 3. The molecule has 5 heterocycles. The molecule has 5 rings (SSSR count). The third-order valence-corrected chi connectivity index (χ3v) is 5.24. The minimum atomic E-state index is -0.179. The predicted molar refractivity (Wildman–Crippen MR) is 84.4 cm³/mol. The first-order chi connectivity index (χ1) is 11.2. The maximum Gasteiger partial charge on any atom is 0.270 e. The van der Waals surface area contributed by atoms with Crippen molar-refractivity contribution < 1.29 is 14.0 Å². The number of nitrogens with zero attached hydrogens (tertiary/aromatic N) is 2. The van der Waals surface area contributed by atoms with Crippen molar-refractivity contribution in [2.24, 2.45) is 5.92 Å². The first kappa shape index (κ1) is 14.4. The number of carbonyl (C=O) groups is 2. The molecule has 0 aromatic carbocycles. The lowest BCUT2D eigenvalue weighted by molar-refractivity contribution is 0.0216. The van der Waals surface area contributed by atoms with Gasteiger partial charge in [0.15, 0.2) is 12.0 Å². The van der Waals surface area contributed by atoms with Crippen molar-refractivity contribution in [3.8, 4) is 0 Å². The van der Waals surface area contributed by atoms with Crippen LogP contribution >= 0.6 is 0 Å². The summed E-state index contributed by atoms with van der Waals surface area (Å²) >= 11 is 0. The Balaban J connectivity index is 1.55. The Bertz CT molecular complexity index is 760. The first-order valence-electron chi connectivity index (χ1n) is 8.05. The molecule has 0 radical (unpaired) electrons. The van der Waals surface area contributed by atoms with Crippen LogP contribution in [0, 0.1) is 5.92 Å². The highest BCUT2D eigenvalue weighted by atomic mass is 16.3. The molecule has 3 fully saturated rings. The molecular weight excluding hydrogens is 294 g/mol. The molecule has 23 heavy (non-hydrogen) atoms. The molecule has 6 heteroatoms. The molecule has 3 aliphatic rings. The van der Waals surface area contributed by atoms with Crippen LogP contribution in [0.15, 0.2) is 22.7 Å². The van der Waals surface area contributed by atoms with Crippen molar-refractivity contribution in [2.75, 3.05) is 13.1 Å². The Morgan fingerprint density at radius 2 is 2.17 bits per heavy atom. The highest BCUT2D eigenvalue weighted by molar-refractivity contribution is 5.96. The number of nitrogens with one attached hydrogen (secondary N) is 1. The third kappa shape index (κ3) is 2.43. The van der Waals surface area contributed by atoms with Crippen LogP contribution in [0.3, 0.4) is 0 Å². The highest BCUT2D eigenvalue weighted by Gasteiger charge is 2.40. The van der Waals surface area contributed by atoms with Gasteiger partial charge in [0.2, 0.25) is 0 Å². The number of piperidine rings is 3. The number of hydrogen-bond donors (Lipinski definition) is 1. The molecule has 2 bridgehead atoms. The predicted octanol–water partition coefficient (Wildman–Crippen LogP) is 1.85. The van der Waals surface area contributed by atoms with Crippen LogP contribution in [0.25, 0.3) is 11.0 Å². The van der Waals surface area contributed by atoms with Gasteiger partial charge in [0, 0.05) is 29.7 Å². The van der Waals surface area contributed by atoms with Gasteiger partial charge in [-0.2, -0.15) is 0 Å². The van der Waals surface area contributed by atoms with Crippen LogP contribution < -0.4 is 5.32 Å². The average Bonchev–Trinajstić information content (AvgIpc) is 3.00. The molecule has 1 amide bonds. The number of fused-ring (bicyclic) bond motifs is 4. The van der Waals surface area contributed by atoms with Gasteiger partial charge in [-0.3, -0.25) is 19.5 Å². The van der Waals surface area contributed by atoms with Crippen molar-refractivity contribution in [3.05, 3.63) is 29.8 Å². The molecule has 2 atom stereocenters. The summed E-state index contributed by atoms with van der Waals surface area (Å²) in [6.07, 6.45) is 4.50. The van der Waals surface area contributed by atoms with Crippen LogP contribution in [0.5, 0.6) is 0 Å². The zero-order chi connectivity index (χ0) is 16.0. The van der Waals surface area contributed by atoms with Gasteiger partial charge in [-0.1, -0.05) is 0 Å². The second-order valence-corrected chi connectivity index (χ2v) is 6.49. The topological polar surface area (TPSA) is 75.4 Å². The van der Waals surface area contributed by atoms with E-state index in [0.717, 1.165) is 31.3 Å². The minimum Gasteiger partial charge on any atom is -0.453 e. The largest absolute Gasteiger partial charge is 0.453 e. The van der Waals surface area contributed by atoms with Gasteiger partial charge < -0.3 is 9.73 Å². The Hall–Kier alpha value is -2.21. The lowest BCUT2D eigenvalue weighted by Crippen LogP contribution is -2.62. The smallest absolute Gasteiger partial charge is 0.270 e. The summed E-state index contributed by atoms with van der Waals surface area (Å²) in [6, 6.07) is 3.75. The molecule has 1 N–H and O–H groups in total. The quantitative estimate of drug-likeness (QED) is 0.875. The molecule has 0 aliphatic carbocycles. The van der Waals surface area contributed by atoms with Gasteiger partial charge in [0.05, 0.1) is 0 Å². The zero-order valence-corrected chi connectivity index (χ0v) is 13.0. The van der Waals surface area contributed by atoms with E-state index >= 15 is 0 Å². The maximum absolute atomic E-state index is 12.6. The minimum absolute atomic E-state index is 0.171. The molecule has 0 unspecified atom stereocenters. The molecule has 0 saturated carbocycles. The van der Waals surface area contributed by atoms with E-state index in [-0.39, 0.29) is 17.7 Å². The van der Waals surface area contributed by atoms with E-state index in [2.05, 4.69) is 22.1 Å². The summed E-state index contributed by atoms with van der Waals surface area (Å²) in [5, 5.41) is 3.87. The fourth-order valence-corrected chi connectivity index (χ4v) is 3.91. The van der Waals surface area contributed by atoms with Crippen molar-refractivity contribution in [1.82, 2.24) is 15.2 Å². The number of carbonyl (C=O) groups excluding carboxylic acids is 2. The van der Waals surface area contributed by atoms with E-state index in [0.29, 0.717) is 29.5 Å². The number of aromatic nitrogens is 1. The average molecular weight is 313 g/mol. The second-order valence-electron chi connectivity index (χ2n) is 6.49. The van der Waals surface area contributed by atoms with Crippen molar-refractivity contribution in [2.45, 2.75) is 31.8 Å². The lowest BCUT2D eigenvalue weighted by Gasteiger charge is -2.49. The third-order valence-electron chi connectivity index (χ3n) is 5.24. The summed E-state index contributed by atoms with van der Waals surface area (Å²) in [5.41, 5.74) is 0.835. The Kier molecular flexibility index (Phi) is 3.41. The van der Waals surface area contributed by atoms with E-state index < -0.39 is 0 Å². The van der Waals surface area contributed by atoms with Crippen LogP contribution in [0.1, 0.15) is 40.8 Å². The van der Waals surface area contributed by atoms with E-state index in [4.69, 9.17) is 4.42 Å². The SMILES string of the molecule is C[C@H]1[C@H](NC(=O)c2cc3oc(C=O)cc3cn2)C2CCN1CC2. The van der Waals surface area contributed by atoms with Gasteiger partial charge in [-0.25, -0.2) is 0 Å². The summed E-state index contributed by atoms with van der Waals surface area (Å²) in [7, 11) is 0. The number of amides is 1. The molecule has 3 saturated heterocycles. The van der Waals surface area contributed by atoms with Gasteiger partial charge in [0.25, 0.3) is 5.91 Å². The molecule has 0 spiro atoms. The molecule has 6 nitrogen and oxygen atoms in total. The Morgan fingerprint density at radius 3 is 2.87 bits per heavy atom. The molecule has 120 valence electrons. The molecule has 2 aromatic rings. The summed E-state index contributed by atoms with van der Waals surface area (Å²) < 4.78 is 5.37. The number of hydrogen-bond acceptors (Lipinski definition) is 5. The normalized spacial score (nSPS) is 29.6. The number of pyridine rings is 1. The van der Waals surface area contributed by atoms with Crippen molar-refractivity contribution in [1.29, 1.82) is 0 Å². The summed E-state index contributed by atoms with van der Waals surface area (Å²) in [4.78, 5) is 30.0. The summed E-state index contributed by atoms with van der Waals surface area (Å²) in [6.45, 7) is 4.43. The lowest BCUT2D eigenvalue weighted by atomic mass is 9.79. The number of aldehydes is 1. The molecule has 2 aromatic heterocycles. The fraction of sp³-hybridized carbons (Fsp3) is 0.471. The van der Waals surface area contributed by atoms with Crippen LogP contribution in [0.2, 0.25) is 0 Å². The monoisotopic (exact) mass is 313 g/mol. The van der Waals surface area contributed by atoms with Crippen LogP contribution in [-0.2, 0) is 0 Å². The Morgan fingerprint density at radius 1 is 1.39 bits per heavy atom. The van der Waals surface area contributed by atoms with Crippen molar-refractivity contribution in [3.63, 3.8) is 0 Å². The summed E-state index contributed by atoms with van der Waals surface area (Å²) in [5.74, 6) is 0.611.